The summed E-state index contributed by atoms with van der Waals surface area (Å²) in [7, 11) is 0. The SMILES string of the molecule is C=C1C(=O)C23C4[C@H](CC1[C@H]2O)OC(C)(C)OC1CCC(C)(C)[C@H]2[C@H](O)[C@]3(O)OCC142. The van der Waals surface area contributed by atoms with Crippen LogP contribution in [0.3, 0.4) is 0 Å². The zero-order valence-corrected chi connectivity index (χ0v) is 18.1. The van der Waals surface area contributed by atoms with Crippen LogP contribution < -0.4 is 0 Å². The van der Waals surface area contributed by atoms with Gasteiger partial charge in [-0.05, 0) is 44.1 Å². The van der Waals surface area contributed by atoms with Crippen LogP contribution in [0, 0.1) is 34.0 Å². The number of fused-ring (bicyclic) bond motifs is 2. The molecule has 166 valence electrons. The van der Waals surface area contributed by atoms with E-state index >= 15 is 0 Å². The number of rotatable bonds is 0. The number of Topliss-reactive ketones (excluding diaryl/α,β-unsaturated/α-hetero) is 1. The molecule has 5 unspecified atom stereocenters. The van der Waals surface area contributed by atoms with Crippen LogP contribution in [0.25, 0.3) is 0 Å². The van der Waals surface area contributed by atoms with Crippen molar-refractivity contribution in [3.05, 3.63) is 12.2 Å². The van der Waals surface area contributed by atoms with E-state index in [2.05, 4.69) is 20.4 Å². The molecule has 4 saturated carbocycles. The van der Waals surface area contributed by atoms with Crippen LogP contribution in [-0.4, -0.2) is 63.7 Å². The van der Waals surface area contributed by atoms with Crippen molar-refractivity contribution in [3.8, 4) is 0 Å². The number of aliphatic hydroxyl groups is 3. The van der Waals surface area contributed by atoms with Crippen LogP contribution in [0.1, 0.15) is 47.0 Å². The van der Waals surface area contributed by atoms with Gasteiger partial charge in [-0.25, -0.2) is 0 Å². The average Bonchev–Trinajstić information content (AvgIpc) is 2.74. The zero-order valence-electron chi connectivity index (χ0n) is 18.1. The smallest absolute Gasteiger partial charge is 0.208 e. The summed E-state index contributed by atoms with van der Waals surface area (Å²) in [6, 6.07) is 0. The van der Waals surface area contributed by atoms with E-state index < -0.39 is 58.3 Å². The Kier molecular flexibility index (Phi) is 3.44. The Morgan fingerprint density at radius 3 is 2.47 bits per heavy atom. The molecule has 3 N–H and O–H groups in total. The van der Waals surface area contributed by atoms with Crippen molar-refractivity contribution in [2.45, 2.75) is 82.9 Å². The van der Waals surface area contributed by atoms with Gasteiger partial charge in [0, 0.05) is 23.2 Å². The average molecular weight is 421 g/mol. The van der Waals surface area contributed by atoms with Gasteiger partial charge in [-0.1, -0.05) is 20.4 Å². The van der Waals surface area contributed by atoms with Crippen LogP contribution >= 0.6 is 0 Å². The van der Waals surface area contributed by atoms with Crippen molar-refractivity contribution in [1.29, 1.82) is 0 Å². The molecule has 2 spiro atoms. The fourth-order valence-corrected chi connectivity index (χ4v) is 8.89. The van der Waals surface area contributed by atoms with Gasteiger partial charge >= 0.3 is 0 Å². The molecule has 0 aromatic carbocycles. The van der Waals surface area contributed by atoms with Gasteiger partial charge in [0.2, 0.25) is 5.79 Å². The monoisotopic (exact) mass is 420 g/mol. The molecule has 7 fully saturated rings. The van der Waals surface area contributed by atoms with Crippen LogP contribution in [0.15, 0.2) is 12.2 Å². The summed E-state index contributed by atoms with van der Waals surface area (Å²) in [6.07, 6.45) is -1.25. The molecule has 7 aliphatic rings. The van der Waals surface area contributed by atoms with Gasteiger partial charge in [0.25, 0.3) is 0 Å². The molecule has 3 saturated heterocycles. The first-order chi connectivity index (χ1) is 13.8. The lowest BCUT2D eigenvalue weighted by molar-refractivity contribution is -0.460. The van der Waals surface area contributed by atoms with Gasteiger partial charge in [-0.3, -0.25) is 4.79 Å². The van der Waals surface area contributed by atoms with E-state index in [1.165, 1.54) is 0 Å². The third-order valence-electron chi connectivity index (χ3n) is 9.67. The third-order valence-corrected chi connectivity index (χ3v) is 9.67. The summed E-state index contributed by atoms with van der Waals surface area (Å²) >= 11 is 0. The highest BCUT2D eigenvalue weighted by Gasteiger charge is 2.89. The number of hydrogen-bond donors (Lipinski definition) is 3. The van der Waals surface area contributed by atoms with Crippen molar-refractivity contribution in [2.24, 2.45) is 34.0 Å². The van der Waals surface area contributed by atoms with Gasteiger partial charge in [-0.15, -0.1) is 0 Å². The van der Waals surface area contributed by atoms with Crippen LogP contribution in [0.2, 0.25) is 0 Å². The minimum Gasteiger partial charge on any atom is -0.391 e. The van der Waals surface area contributed by atoms with Crippen LogP contribution in [0.5, 0.6) is 0 Å². The molecule has 7 rings (SSSR count). The summed E-state index contributed by atoms with van der Waals surface area (Å²) in [5.41, 5.74) is -2.45. The highest BCUT2D eigenvalue weighted by molar-refractivity contribution is 6.05. The lowest BCUT2D eigenvalue weighted by Gasteiger charge is -2.75. The minimum atomic E-state index is -2.19. The molecule has 7 heteroatoms. The molecule has 4 aliphatic carbocycles. The number of hydrogen-bond acceptors (Lipinski definition) is 7. The van der Waals surface area contributed by atoms with Gasteiger partial charge in [0.1, 0.15) is 11.5 Å². The molecule has 3 aliphatic heterocycles. The van der Waals surface area contributed by atoms with Gasteiger partial charge in [0.15, 0.2) is 11.6 Å². The van der Waals surface area contributed by atoms with Crippen molar-refractivity contribution in [2.75, 3.05) is 6.61 Å². The maximum Gasteiger partial charge on any atom is 0.208 e. The number of ether oxygens (including phenoxy) is 3. The van der Waals surface area contributed by atoms with E-state index in [9.17, 15) is 20.1 Å². The molecular weight excluding hydrogens is 388 g/mol. The standard InChI is InChI=1S/C23H32O7/c1-10-11-8-12-14-21-9-28-23(27,22(14,16(10)24)17(11)25)18(26)15(21)19(2,3)7-6-13(21)30-20(4,5)29-12/h11-15,17-18,25-27H,1,6-9H2,2-5H3/t11?,12-,13?,14?,15+,17+,18-,21?,22?,23-/m0/s1. The van der Waals surface area contributed by atoms with Crippen LogP contribution in [-0.2, 0) is 19.0 Å². The second-order valence-corrected chi connectivity index (χ2v) is 11.7. The van der Waals surface area contributed by atoms with Crippen molar-refractivity contribution < 1.29 is 34.3 Å². The Bertz CT molecular complexity index is 866. The molecule has 10 atom stereocenters. The number of carbonyl (C=O) groups excluding carboxylic acids is 1. The second-order valence-electron chi connectivity index (χ2n) is 11.7. The quantitative estimate of drug-likeness (QED) is 0.505. The van der Waals surface area contributed by atoms with E-state index in [0.717, 1.165) is 12.8 Å². The first-order valence-corrected chi connectivity index (χ1v) is 11.2. The minimum absolute atomic E-state index is 0.165. The molecule has 0 aromatic heterocycles. The van der Waals surface area contributed by atoms with E-state index in [4.69, 9.17) is 14.2 Å². The molecule has 0 amide bonds. The fraction of sp³-hybridized carbons (Fsp3) is 0.870. The van der Waals surface area contributed by atoms with Gasteiger partial charge in [0.05, 0.1) is 24.9 Å². The Labute approximate surface area is 176 Å². The van der Waals surface area contributed by atoms with Crippen molar-refractivity contribution in [1.82, 2.24) is 0 Å². The molecule has 30 heavy (non-hydrogen) atoms. The predicted octanol–water partition coefficient (Wildman–Crippen LogP) is 1.14. The summed E-state index contributed by atoms with van der Waals surface area (Å²) in [6.45, 7) is 12.1. The van der Waals surface area contributed by atoms with Crippen LogP contribution in [0.4, 0.5) is 0 Å². The Morgan fingerprint density at radius 2 is 1.77 bits per heavy atom. The van der Waals surface area contributed by atoms with E-state index in [1.807, 2.05) is 13.8 Å². The van der Waals surface area contributed by atoms with E-state index in [0.29, 0.717) is 12.0 Å². The van der Waals surface area contributed by atoms with Crippen molar-refractivity contribution >= 4 is 5.78 Å². The zero-order chi connectivity index (χ0) is 21.6. The predicted molar refractivity (Wildman–Crippen MR) is 104 cm³/mol. The highest BCUT2D eigenvalue weighted by Crippen LogP contribution is 2.77. The lowest BCUT2D eigenvalue weighted by atomic mass is 9.35. The fourth-order valence-electron chi connectivity index (χ4n) is 8.89. The molecule has 4 bridgehead atoms. The number of ketones is 1. The molecule has 0 aromatic rings. The lowest BCUT2D eigenvalue weighted by Crippen LogP contribution is -2.87. The number of carbonyl (C=O) groups is 1. The Balaban J connectivity index is 1.70. The molecule has 3 heterocycles. The Morgan fingerprint density at radius 1 is 1.07 bits per heavy atom. The second kappa shape index (κ2) is 5.21. The molecule has 7 nitrogen and oxygen atoms in total. The van der Waals surface area contributed by atoms with Gasteiger partial charge in [-0.2, -0.15) is 0 Å². The largest absolute Gasteiger partial charge is 0.391 e. The summed E-state index contributed by atoms with van der Waals surface area (Å²) in [4.78, 5) is 13.8. The molecule has 0 radical (unpaired) electrons. The maximum absolute atomic E-state index is 13.8. The summed E-state index contributed by atoms with van der Waals surface area (Å²) in [5.74, 6) is -4.89. The molecular formula is C23H32O7. The first kappa shape index (κ1) is 19.8. The maximum atomic E-state index is 13.8. The van der Waals surface area contributed by atoms with Crippen molar-refractivity contribution in [3.63, 3.8) is 0 Å². The third kappa shape index (κ3) is 1.75. The summed E-state index contributed by atoms with van der Waals surface area (Å²) < 4.78 is 19.1. The normalized spacial score (nSPS) is 59.6. The Hall–Kier alpha value is -0.830. The number of aliphatic hydroxyl groups excluding tert-OH is 2. The highest BCUT2D eigenvalue weighted by atomic mass is 16.7. The van der Waals surface area contributed by atoms with E-state index in [1.54, 1.807) is 0 Å². The first-order valence-electron chi connectivity index (χ1n) is 11.2. The van der Waals surface area contributed by atoms with Gasteiger partial charge < -0.3 is 29.5 Å². The summed E-state index contributed by atoms with van der Waals surface area (Å²) in [5, 5.41) is 35.1. The topological polar surface area (TPSA) is 105 Å². The van der Waals surface area contributed by atoms with E-state index in [-0.39, 0.29) is 24.0 Å².